The molecule has 1 aromatic heterocycles. The van der Waals surface area contributed by atoms with Gasteiger partial charge in [-0.1, -0.05) is 13.2 Å². The Balaban J connectivity index is 1.91. The van der Waals surface area contributed by atoms with Crippen LogP contribution < -0.4 is 0 Å². The van der Waals surface area contributed by atoms with Crippen LogP contribution in [0.5, 0.6) is 0 Å². The molecule has 0 spiro atoms. The van der Waals surface area contributed by atoms with Crippen LogP contribution >= 0.6 is 0 Å². The lowest BCUT2D eigenvalue weighted by atomic mass is 9.97. The lowest BCUT2D eigenvalue weighted by Gasteiger charge is -2.34. The summed E-state index contributed by atoms with van der Waals surface area (Å²) >= 11 is 0. The third-order valence-electron chi connectivity index (χ3n) is 3.07. The van der Waals surface area contributed by atoms with E-state index in [0.29, 0.717) is 5.92 Å². The molecule has 2 rings (SSSR count). The van der Waals surface area contributed by atoms with Crippen LogP contribution in [0, 0.1) is 5.92 Å². The first-order valence-corrected chi connectivity index (χ1v) is 5.68. The summed E-state index contributed by atoms with van der Waals surface area (Å²) < 4.78 is 1.91. The molecule has 16 heavy (non-hydrogen) atoms. The maximum Gasteiger partial charge on any atom is 0.137 e. The lowest BCUT2D eigenvalue weighted by Crippen LogP contribution is -2.35. The Morgan fingerprint density at radius 3 is 3.12 bits per heavy atom. The topological polar surface area (TPSA) is 34.0 Å². The van der Waals surface area contributed by atoms with Gasteiger partial charge in [0.25, 0.3) is 0 Å². The number of nitrogens with zero attached hydrogens (tertiary/aromatic N) is 4. The largest absolute Gasteiger partial charge is 0.372 e. The van der Waals surface area contributed by atoms with E-state index >= 15 is 0 Å². The van der Waals surface area contributed by atoms with Crippen LogP contribution in [0.1, 0.15) is 12.8 Å². The lowest BCUT2D eigenvalue weighted by molar-refractivity contribution is 0.202. The Hall–Kier alpha value is -1.58. The second-order valence-corrected chi connectivity index (χ2v) is 4.27. The summed E-state index contributed by atoms with van der Waals surface area (Å²) in [4.78, 5) is 6.27. The van der Waals surface area contributed by atoms with E-state index in [9.17, 15) is 0 Å². The summed E-state index contributed by atoms with van der Waals surface area (Å²) in [5.41, 5.74) is 1.03. The third-order valence-corrected chi connectivity index (χ3v) is 3.07. The Kier molecular flexibility index (Phi) is 3.39. The van der Waals surface area contributed by atoms with Gasteiger partial charge in [-0.05, 0) is 24.8 Å². The minimum atomic E-state index is 0.632. The molecule has 1 fully saturated rings. The van der Waals surface area contributed by atoms with Crippen molar-refractivity contribution in [3.63, 3.8) is 0 Å². The molecule has 1 aliphatic heterocycles. The standard InChI is InChI=1S/C12H18N4/c1-3-11(2)15-6-4-5-12(7-15)8-16-10-13-9-14-16/h3,9-10,12H,1-2,4-8H2. The fourth-order valence-corrected chi connectivity index (χ4v) is 2.20. The number of aromatic nitrogens is 3. The maximum atomic E-state index is 4.14. The molecule has 4 nitrogen and oxygen atoms in total. The smallest absolute Gasteiger partial charge is 0.137 e. The minimum absolute atomic E-state index is 0.632. The molecular formula is C12H18N4. The van der Waals surface area contributed by atoms with E-state index < -0.39 is 0 Å². The highest BCUT2D eigenvalue weighted by Gasteiger charge is 2.20. The van der Waals surface area contributed by atoms with Crippen molar-refractivity contribution in [2.45, 2.75) is 19.4 Å². The molecule has 0 N–H and O–H groups in total. The zero-order chi connectivity index (χ0) is 11.4. The van der Waals surface area contributed by atoms with Gasteiger partial charge in [-0.2, -0.15) is 5.10 Å². The van der Waals surface area contributed by atoms with E-state index in [1.54, 1.807) is 12.7 Å². The number of hydrogen-bond acceptors (Lipinski definition) is 3. The normalized spacial score (nSPS) is 20.8. The summed E-state index contributed by atoms with van der Waals surface area (Å²) in [5, 5.41) is 4.14. The molecule has 1 saturated heterocycles. The van der Waals surface area contributed by atoms with E-state index in [-0.39, 0.29) is 0 Å². The highest BCUT2D eigenvalue weighted by Crippen LogP contribution is 2.20. The Bertz CT molecular complexity index is 355. The zero-order valence-corrected chi connectivity index (χ0v) is 9.55. The van der Waals surface area contributed by atoms with E-state index in [2.05, 4.69) is 28.1 Å². The Morgan fingerprint density at radius 2 is 2.44 bits per heavy atom. The summed E-state index contributed by atoms with van der Waals surface area (Å²) in [6.45, 7) is 10.9. The van der Waals surface area contributed by atoms with Crippen LogP contribution in [0.15, 0.2) is 37.6 Å². The second-order valence-electron chi connectivity index (χ2n) is 4.27. The monoisotopic (exact) mass is 218 g/mol. The average Bonchev–Trinajstić information content (AvgIpc) is 2.81. The molecule has 0 amide bonds. The fraction of sp³-hybridized carbons (Fsp3) is 0.500. The molecule has 0 aromatic carbocycles. The summed E-state index contributed by atoms with van der Waals surface area (Å²) in [6.07, 6.45) is 7.66. The van der Waals surface area contributed by atoms with Gasteiger partial charge in [0.15, 0.2) is 0 Å². The molecule has 0 aliphatic carbocycles. The summed E-state index contributed by atoms with van der Waals surface area (Å²) in [5.74, 6) is 0.632. The first kappa shape index (κ1) is 10.9. The maximum absolute atomic E-state index is 4.14. The molecule has 1 unspecified atom stereocenters. The van der Waals surface area contributed by atoms with E-state index in [1.165, 1.54) is 12.8 Å². The van der Waals surface area contributed by atoms with Gasteiger partial charge in [0.05, 0.1) is 0 Å². The van der Waals surface area contributed by atoms with Crippen molar-refractivity contribution in [3.05, 3.63) is 37.6 Å². The van der Waals surface area contributed by atoms with Gasteiger partial charge in [-0.3, -0.25) is 4.68 Å². The first-order valence-electron chi connectivity index (χ1n) is 5.68. The molecule has 4 heteroatoms. The molecule has 0 bridgehead atoms. The van der Waals surface area contributed by atoms with Crippen molar-refractivity contribution >= 4 is 0 Å². The van der Waals surface area contributed by atoms with Gasteiger partial charge in [-0.25, -0.2) is 4.98 Å². The fourth-order valence-electron chi connectivity index (χ4n) is 2.20. The summed E-state index contributed by atoms with van der Waals surface area (Å²) in [6, 6.07) is 0. The average molecular weight is 218 g/mol. The highest BCUT2D eigenvalue weighted by molar-refractivity contribution is 5.10. The van der Waals surface area contributed by atoms with Crippen molar-refractivity contribution in [1.82, 2.24) is 19.7 Å². The SMILES string of the molecule is C=CC(=C)N1CCCC(Cn2cncn2)C1. The van der Waals surface area contributed by atoms with Gasteiger partial charge >= 0.3 is 0 Å². The van der Waals surface area contributed by atoms with Gasteiger partial charge in [-0.15, -0.1) is 0 Å². The number of rotatable bonds is 4. The highest BCUT2D eigenvalue weighted by atomic mass is 15.3. The Labute approximate surface area is 96.3 Å². The molecule has 1 aliphatic rings. The van der Waals surface area contributed by atoms with Crippen molar-refractivity contribution in [3.8, 4) is 0 Å². The summed E-state index contributed by atoms with van der Waals surface area (Å²) in [7, 11) is 0. The van der Waals surface area contributed by atoms with Crippen LogP contribution in [0.2, 0.25) is 0 Å². The van der Waals surface area contributed by atoms with Crippen LogP contribution in [0.3, 0.4) is 0 Å². The van der Waals surface area contributed by atoms with Crippen LogP contribution in [-0.2, 0) is 6.54 Å². The molecular weight excluding hydrogens is 200 g/mol. The van der Waals surface area contributed by atoms with Crippen LogP contribution in [0.25, 0.3) is 0 Å². The second kappa shape index (κ2) is 4.96. The van der Waals surface area contributed by atoms with Crippen molar-refractivity contribution in [1.29, 1.82) is 0 Å². The number of piperidine rings is 1. The van der Waals surface area contributed by atoms with Crippen molar-refractivity contribution in [2.24, 2.45) is 5.92 Å². The van der Waals surface area contributed by atoms with E-state index in [1.807, 2.05) is 10.8 Å². The van der Waals surface area contributed by atoms with E-state index in [0.717, 1.165) is 25.3 Å². The molecule has 0 radical (unpaired) electrons. The van der Waals surface area contributed by atoms with Gasteiger partial charge in [0, 0.05) is 25.3 Å². The first-order chi connectivity index (χ1) is 7.79. The molecule has 2 heterocycles. The third kappa shape index (κ3) is 2.51. The van der Waals surface area contributed by atoms with Crippen LogP contribution in [0.4, 0.5) is 0 Å². The molecule has 86 valence electrons. The van der Waals surface area contributed by atoms with Gasteiger partial charge < -0.3 is 4.90 Å². The van der Waals surface area contributed by atoms with Gasteiger partial charge in [0.2, 0.25) is 0 Å². The number of likely N-dealkylation sites (tertiary alicyclic amines) is 1. The van der Waals surface area contributed by atoms with Crippen molar-refractivity contribution in [2.75, 3.05) is 13.1 Å². The Morgan fingerprint density at radius 1 is 1.56 bits per heavy atom. The molecule has 0 saturated carbocycles. The molecule has 1 aromatic rings. The molecule has 1 atom stereocenters. The minimum Gasteiger partial charge on any atom is -0.372 e. The van der Waals surface area contributed by atoms with Crippen molar-refractivity contribution < 1.29 is 0 Å². The number of hydrogen-bond donors (Lipinski definition) is 0. The van der Waals surface area contributed by atoms with Crippen LogP contribution in [-0.4, -0.2) is 32.8 Å². The number of allylic oxidation sites excluding steroid dienone is 1. The quantitative estimate of drug-likeness (QED) is 0.721. The van der Waals surface area contributed by atoms with E-state index in [4.69, 9.17) is 0 Å². The zero-order valence-electron chi connectivity index (χ0n) is 9.55. The van der Waals surface area contributed by atoms with Gasteiger partial charge in [0.1, 0.15) is 12.7 Å². The predicted molar refractivity (Wildman–Crippen MR) is 63.7 cm³/mol. The predicted octanol–water partition coefficient (Wildman–Crippen LogP) is 1.69.